The molecule has 0 saturated carbocycles. The molecule has 1 unspecified atom stereocenters. The Bertz CT molecular complexity index is 635. The van der Waals surface area contributed by atoms with Crippen LogP contribution in [0.1, 0.15) is 43.1 Å². The molecule has 0 aliphatic rings. The minimum atomic E-state index is -0.783. The van der Waals surface area contributed by atoms with E-state index in [0.717, 1.165) is 16.7 Å². The standard InChI is InChI=1S/C19H23NO2/c1-14-8-7-11-16(12-14)19(2,3)20-18(22)13-17(21)15-9-5-4-6-10-15/h4-12,17,21H,13H2,1-3H3,(H,20,22). The molecule has 3 nitrogen and oxygen atoms in total. The van der Waals surface area contributed by atoms with Gasteiger partial charge in [0.25, 0.3) is 0 Å². The quantitative estimate of drug-likeness (QED) is 0.888. The van der Waals surface area contributed by atoms with Crippen LogP contribution in [0, 0.1) is 6.92 Å². The zero-order valence-electron chi connectivity index (χ0n) is 13.3. The van der Waals surface area contributed by atoms with Gasteiger partial charge in [-0.05, 0) is 31.9 Å². The second kappa shape index (κ2) is 6.75. The number of aliphatic hydroxyl groups excluding tert-OH is 1. The summed E-state index contributed by atoms with van der Waals surface area (Å²) in [6.45, 7) is 5.96. The van der Waals surface area contributed by atoms with Crippen LogP contribution in [0.15, 0.2) is 54.6 Å². The van der Waals surface area contributed by atoms with Gasteiger partial charge in [-0.2, -0.15) is 0 Å². The third-order valence-corrected chi connectivity index (χ3v) is 3.75. The van der Waals surface area contributed by atoms with Crippen LogP contribution in [0.3, 0.4) is 0 Å². The van der Waals surface area contributed by atoms with Crippen molar-refractivity contribution in [2.75, 3.05) is 0 Å². The first-order valence-corrected chi connectivity index (χ1v) is 7.49. The maximum absolute atomic E-state index is 12.2. The molecule has 2 aromatic carbocycles. The zero-order chi connectivity index (χ0) is 16.2. The van der Waals surface area contributed by atoms with Crippen LogP contribution >= 0.6 is 0 Å². The number of carbonyl (C=O) groups excluding carboxylic acids is 1. The Morgan fingerprint density at radius 3 is 2.45 bits per heavy atom. The summed E-state index contributed by atoms with van der Waals surface area (Å²) >= 11 is 0. The Kier molecular flexibility index (Phi) is 4.99. The van der Waals surface area contributed by atoms with Crippen molar-refractivity contribution in [1.29, 1.82) is 0 Å². The highest BCUT2D eigenvalue weighted by molar-refractivity contribution is 5.77. The van der Waals surface area contributed by atoms with E-state index in [1.807, 2.05) is 69.3 Å². The Morgan fingerprint density at radius 2 is 1.82 bits per heavy atom. The third-order valence-electron chi connectivity index (χ3n) is 3.75. The number of nitrogens with one attached hydrogen (secondary N) is 1. The van der Waals surface area contributed by atoms with E-state index in [1.54, 1.807) is 0 Å². The number of amides is 1. The highest BCUT2D eigenvalue weighted by Gasteiger charge is 2.24. The third kappa shape index (κ3) is 4.18. The molecule has 0 aromatic heterocycles. The van der Waals surface area contributed by atoms with Gasteiger partial charge < -0.3 is 10.4 Å². The maximum atomic E-state index is 12.2. The first kappa shape index (κ1) is 16.2. The lowest BCUT2D eigenvalue weighted by molar-refractivity contribution is -0.124. The molecule has 0 bridgehead atoms. The molecule has 0 heterocycles. The molecule has 0 spiro atoms. The van der Waals surface area contributed by atoms with Crippen molar-refractivity contribution >= 4 is 5.91 Å². The van der Waals surface area contributed by atoms with Gasteiger partial charge in [0.2, 0.25) is 5.91 Å². The SMILES string of the molecule is Cc1cccc(C(C)(C)NC(=O)CC(O)c2ccccc2)c1. The molecule has 1 atom stereocenters. The van der Waals surface area contributed by atoms with Crippen molar-refractivity contribution in [3.8, 4) is 0 Å². The normalized spacial score (nSPS) is 12.7. The summed E-state index contributed by atoms with van der Waals surface area (Å²) in [5.74, 6) is -0.164. The molecule has 0 fully saturated rings. The van der Waals surface area contributed by atoms with E-state index in [4.69, 9.17) is 0 Å². The molecule has 0 radical (unpaired) electrons. The van der Waals surface area contributed by atoms with Gasteiger partial charge in [-0.15, -0.1) is 0 Å². The second-order valence-corrected chi connectivity index (χ2v) is 6.17. The highest BCUT2D eigenvalue weighted by Crippen LogP contribution is 2.22. The summed E-state index contributed by atoms with van der Waals surface area (Å²) in [5.41, 5.74) is 2.49. The zero-order valence-corrected chi connectivity index (χ0v) is 13.3. The van der Waals surface area contributed by atoms with E-state index in [-0.39, 0.29) is 12.3 Å². The molecular weight excluding hydrogens is 274 g/mol. The fourth-order valence-corrected chi connectivity index (χ4v) is 2.47. The number of hydrogen-bond donors (Lipinski definition) is 2. The summed E-state index contributed by atoms with van der Waals surface area (Å²) in [7, 11) is 0. The van der Waals surface area contributed by atoms with Crippen molar-refractivity contribution in [2.45, 2.75) is 38.8 Å². The van der Waals surface area contributed by atoms with Crippen LogP contribution in [0.5, 0.6) is 0 Å². The van der Waals surface area contributed by atoms with Gasteiger partial charge in [-0.1, -0.05) is 60.2 Å². The van der Waals surface area contributed by atoms with Crippen LogP contribution in [0.2, 0.25) is 0 Å². The van der Waals surface area contributed by atoms with E-state index in [2.05, 4.69) is 11.4 Å². The van der Waals surface area contributed by atoms with E-state index < -0.39 is 11.6 Å². The Morgan fingerprint density at radius 1 is 1.14 bits per heavy atom. The summed E-state index contributed by atoms with van der Waals surface area (Å²) < 4.78 is 0. The van der Waals surface area contributed by atoms with Crippen LogP contribution in [0.25, 0.3) is 0 Å². The fraction of sp³-hybridized carbons (Fsp3) is 0.316. The van der Waals surface area contributed by atoms with Crippen LogP contribution in [-0.4, -0.2) is 11.0 Å². The topological polar surface area (TPSA) is 49.3 Å². The molecule has 116 valence electrons. The average Bonchev–Trinajstić information content (AvgIpc) is 2.47. The summed E-state index contributed by atoms with van der Waals surface area (Å²) in [6.07, 6.45) is -0.728. The molecule has 2 aromatic rings. The number of aliphatic hydroxyl groups is 1. The van der Waals surface area contributed by atoms with Crippen molar-refractivity contribution in [3.63, 3.8) is 0 Å². The van der Waals surface area contributed by atoms with Gasteiger partial charge in [0.15, 0.2) is 0 Å². The molecule has 22 heavy (non-hydrogen) atoms. The molecule has 0 aliphatic heterocycles. The number of benzene rings is 2. The molecule has 2 rings (SSSR count). The van der Waals surface area contributed by atoms with Crippen LogP contribution in [0.4, 0.5) is 0 Å². The molecule has 3 heteroatoms. The van der Waals surface area contributed by atoms with Crippen molar-refractivity contribution in [1.82, 2.24) is 5.32 Å². The number of hydrogen-bond acceptors (Lipinski definition) is 2. The van der Waals surface area contributed by atoms with Gasteiger partial charge in [0.05, 0.1) is 18.1 Å². The molecule has 2 N–H and O–H groups in total. The van der Waals surface area contributed by atoms with Crippen molar-refractivity contribution in [3.05, 3.63) is 71.3 Å². The summed E-state index contributed by atoms with van der Waals surface area (Å²) in [4.78, 5) is 12.2. The van der Waals surface area contributed by atoms with Crippen LogP contribution < -0.4 is 5.32 Å². The summed E-state index contributed by atoms with van der Waals surface area (Å²) in [6, 6.07) is 17.3. The summed E-state index contributed by atoms with van der Waals surface area (Å²) in [5, 5.41) is 13.1. The first-order valence-electron chi connectivity index (χ1n) is 7.49. The Labute approximate surface area is 132 Å². The Hall–Kier alpha value is -2.13. The van der Waals surface area contributed by atoms with Crippen LogP contribution in [-0.2, 0) is 10.3 Å². The van der Waals surface area contributed by atoms with Gasteiger partial charge in [0.1, 0.15) is 0 Å². The van der Waals surface area contributed by atoms with E-state index in [0.29, 0.717) is 0 Å². The van der Waals surface area contributed by atoms with Gasteiger partial charge in [0, 0.05) is 0 Å². The molecule has 0 saturated heterocycles. The Balaban J connectivity index is 2.02. The number of rotatable bonds is 5. The minimum Gasteiger partial charge on any atom is -0.388 e. The average molecular weight is 297 g/mol. The number of aryl methyl sites for hydroxylation is 1. The second-order valence-electron chi connectivity index (χ2n) is 6.17. The van der Waals surface area contributed by atoms with Gasteiger partial charge in [-0.25, -0.2) is 0 Å². The smallest absolute Gasteiger partial charge is 0.223 e. The van der Waals surface area contributed by atoms with Gasteiger partial charge in [-0.3, -0.25) is 4.79 Å². The first-order chi connectivity index (χ1) is 10.4. The van der Waals surface area contributed by atoms with Gasteiger partial charge >= 0.3 is 0 Å². The largest absolute Gasteiger partial charge is 0.388 e. The monoisotopic (exact) mass is 297 g/mol. The molecule has 1 amide bonds. The lowest BCUT2D eigenvalue weighted by atomic mass is 9.92. The van der Waals surface area contributed by atoms with E-state index >= 15 is 0 Å². The van der Waals surface area contributed by atoms with E-state index in [1.165, 1.54) is 0 Å². The minimum absolute atomic E-state index is 0.0548. The molecule has 0 aliphatic carbocycles. The highest BCUT2D eigenvalue weighted by atomic mass is 16.3. The fourth-order valence-electron chi connectivity index (χ4n) is 2.47. The number of carbonyl (C=O) groups is 1. The predicted molar refractivity (Wildman–Crippen MR) is 88.4 cm³/mol. The lowest BCUT2D eigenvalue weighted by Gasteiger charge is -2.28. The maximum Gasteiger partial charge on any atom is 0.223 e. The van der Waals surface area contributed by atoms with Crippen molar-refractivity contribution < 1.29 is 9.90 Å². The predicted octanol–water partition coefficient (Wildman–Crippen LogP) is 3.47. The van der Waals surface area contributed by atoms with E-state index in [9.17, 15) is 9.90 Å². The lowest BCUT2D eigenvalue weighted by Crippen LogP contribution is -2.41. The van der Waals surface area contributed by atoms with Crippen molar-refractivity contribution in [2.24, 2.45) is 0 Å². The molecular formula is C19H23NO2.